The number of nitrogens with zero attached hydrogens (tertiary/aromatic N) is 4. The minimum atomic E-state index is -0.248. The molecule has 0 saturated heterocycles. The zero-order valence-electron chi connectivity index (χ0n) is 12.3. The van der Waals surface area contributed by atoms with E-state index < -0.39 is 0 Å². The summed E-state index contributed by atoms with van der Waals surface area (Å²) in [5, 5.41) is 3.89. The molecule has 108 valence electrons. The maximum Gasteiger partial charge on any atom is 0.246 e. The van der Waals surface area contributed by atoms with Crippen LogP contribution in [0.2, 0.25) is 0 Å². The van der Waals surface area contributed by atoms with Crippen LogP contribution in [-0.2, 0) is 11.3 Å². The number of hydrogen-bond acceptors (Lipinski definition) is 4. The second kappa shape index (κ2) is 5.90. The van der Waals surface area contributed by atoms with Gasteiger partial charge in [-0.05, 0) is 19.1 Å². The van der Waals surface area contributed by atoms with Gasteiger partial charge >= 0.3 is 0 Å². The number of amides is 1. The van der Waals surface area contributed by atoms with Gasteiger partial charge in [-0.15, -0.1) is 0 Å². The molecular weight excluding hydrogens is 256 g/mol. The highest BCUT2D eigenvalue weighted by Gasteiger charge is 2.20. The lowest BCUT2D eigenvalue weighted by Gasteiger charge is -2.20. The molecule has 0 fully saturated rings. The number of rotatable bonds is 5. The average Bonchev–Trinajstić information content (AvgIpc) is 3.07. The van der Waals surface area contributed by atoms with E-state index >= 15 is 0 Å². The molecule has 2 aromatic heterocycles. The summed E-state index contributed by atoms with van der Waals surface area (Å²) in [5.74, 6) is 1.35. The number of aromatic nitrogens is 3. The van der Waals surface area contributed by atoms with Crippen LogP contribution in [0.3, 0.4) is 0 Å². The van der Waals surface area contributed by atoms with Crippen LogP contribution in [0, 0.1) is 0 Å². The summed E-state index contributed by atoms with van der Waals surface area (Å²) in [6.07, 6.45) is 3.75. The van der Waals surface area contributed by atoms with Crippen LogP contribution >= 0.6 is 0 Å². The third kappa shape index (κ3) is 3.07. The Morgan fingerprint density at radius 3 is 2.55 bits per heavy atom. The van der Waals surface area contributed by atoms with Crippen molar-refractivity contribution in [2.24, 2.45) is 0 Å². The van der Waals surface area contributed by atoms with Crippen LogP contribution in [0.25, 0.3) is 0 Å². The van der Waals surface area contributed by atoms with Crippen LogP contribution in [0.4, 0.5) is 0 Å². The van der Waals surface area contributed by atoms with Crippen molar-refractivity contribution in [2.45, 2.75) is 39.3 Å². The quantitative estimate of drug-likeness (QED) is 0.840. The van der Waals surface area contributed by atoms with Crippen molar-refractivity contribution in [1.29, 1.82) is 0 Å². The van der Waals surface area contributed by atoms with Crippen molar-refractivity contribution in [1.82, 2.24) is 19.6 Å². The average molecular weight is 276 g/mol. The Bertz CT molecular complexity index is 560. The highest BCUT2D eigenvalue weighted by molar-refractivity contribution is 5.79. The van der Waals surface area contributed by atoms with Gasteiger partial charge in [0.05, 0.1) is 6.54 Å². The second-order valence-corrected chi connectivity index (χ2v) is 5.20. The van der Waals surface area contributed by atoms with Crippen molar-refractivity contribution in [3.63, 3.8) is 0 Å². The fourth-order valence-corrected chi connectivity index (χ4v) is 1.90. The van der Waals surface area contributed by atoms with Gasteiger partial charge < -0.3 is 14.0 Å². The summed E-state index contributed by atoms with van der Waals surface area (Å²) >= 11 is 0. The Balaban J connectivity index is 2.00. The first-order valence-corrected chi connectivity index (χ1v) is 6.69. The molecule has 2 heterocycles. The molecule has 6 nitrogen and oxygen atoms in total. The maximum atomic E-state index is 12.3. The fraction of sp³-hybridized carbons (Fsp3) is 0.500. The first-order chi connectivity index (χ1) is 9.49. The monoisotopic (exact) mass is 276 g/mol. The first-order valence-electron chi connectivity index (χ1n) is 6.69. The van der Waals surface area contributed by atoms with Gasteiger partial charge in [0, 0.05) is 25.4 Å². The third-order valence-corrected chi connectivity index (χ3v) is 3.18. The molecule has 0 aliphatic carbocycles. The molecule has 0 spiro atoms. The van der Waals surface area contributed by atoms with Gasteiger partial charge in [0.15, 0.2) is 5.82 Å². The SMILES string of the molecule is CC(C)c1noc(CN(C)C(=O)C(C)n2cccc2)n1. The minimum Gasteiger partial charge on any atom is -0.342 e. The number of carbonyl (C=O) groups is 1. The molecule has 0 bridgehead atoms. The van der Waals surface area contributed by atoms with Crippen molar-refractivity contribution >= 4 is 5.91 Å². The van der Waals surface area contributed by atoms with Crippen LogP contribution in [0.5, 0.6) is 0 Å². The van der Waals surface area contributed by atoms with Crippen molar-refractivity contribution < 1.29 is 9.32 Å². The molecule has 0 aliphatic rings. The highest BCUT2D eigenvalue weighted by Crippen LogP contribution is 2.13. The van der Waals surface area contributed by atoms with E-state index in [2.05, 4.69) is 10.1 Å². The molecule has 1 unspecified atom stereocenters. The smallest absolute Gasteiger partial charge is 0.246 e. The first kappa shape index (κ1) is 14.3. The van der Waals surface area contributed by atoms with Gasteiger partial charge in [0.2, 0.25) is 11.8 Å². The van der Waals surface area contributed by atoms with E-state index in [1.54, 1.807) is 11.9 Å². The Kier molecular flexibility index (Phi) is 4.22. The van der Waals surface area contributed by atoms with E-state index in [1.807, 2.05) is 49.9 Å². The molecule has 2 aromatic rings. The highest BCUT2D eigenvalue weighted by atomic mass is 16.5. The van der Waals surface area contributed by atoms with E-state index in [9.17, 15) is 4.79 Å². The molecule has 0 radical (unpaired) electrons. The zero-order chi connectivity index (χ0) is 14.7. The summed E-state index contributed by atoms with van der Waals surface area (Å²) in [6, 6.07) is 3.55. The van der Waals surface area contributed by atoms with Crippen LogP contribution in [0.15, 0.2) is 29.0 Å². The molecule has 1 amide bonds. The second-order valence-electron chi connectivity index (χ2n) is 5.20. The summed E-state index contributed by atoms with van der Waals surface area (Å²) < 4.78 is 7.02. The summed E-state index contributed by atoms with van der Waals surface area (Å²) in [7, 11) is 1.74. The molecule has 6 heteroatoms. The maximum absolute atomic E-state index is 12.3. The minimum absolute atomic E-state index is 0.00509. The number of carbonyl (C=O) groups excluding carboxylic acids is 1. The predicted octanol–water partition coefficient (Wildman–Crippen LogP) is 2.21. The molecule has 20 heavy (non-hydrogen) atoms. The van der Waals surface area contributed by atoms with Gasteiger partial charge in [0.25, 0.3) is 0 Å². The molecule has 0 N–H and O–H groups in total. The summed E-state index contributed by atoms with van der Waals surface area (Å²) in [6.45, 7) is 6.19. The number of likely N-dealkylation sites (N-methyl/N-ethyl adjacent to an activating group) is 1. The van der Waals surface area contributed by atoms with Gasteiger partial charge in [-0.1, -0.05) is 19.0 Å². The van der Waals surface area contributed by atoms with Gasteiger partial charge in [-0.2, -0.15) is 4.98 Å². The van der Waals surface area contributed by atoms with E-state index in [1.165, 1.54) is 0 Å². The molecule has 0 aromatic carbocycles. The lowest BCUT2D eigenvalue weighted by Crippen LogP contribution is -2.32. The third-order valence-electron chi connectivity index (χ3n) is 3.18. The van der Waals surface area contributed by atoms with E-state index in [0.29, 0.717) is 18.3 Å². The van der Waals surface area contributed by atoms with E-state index in [0.717, 1.165) is 0 Å². The Morgan fingerprint density at radius 2 is 2.00 bits per heavy atom. The van der Waals surface area contributed by atoms with Gasteiger partial charge in [-0.3, -0.25) is 4.79 Å². The van der Waals surface area contributed by atoms with Crippen molar-refractivity contribution in [3.8, 4) is 0 Å². The van der Waals surface area contributed by atoms with Crippen molar-refractivity contribution in [2.75, 3.05) is 7.05 Å². The van der Waals surface area contributed by atoms with E-state index in [-0.39, 0.29) is 17.9 Å². The Morgan fingerprint density at radius 1 is 1.35 bits per heavy atom. The fourth-order valence-electron chi connectivity index (χ4n) is 1.90. The lowest BCUT2D eigenvalue weighted by atomic mass is 10.2. The standard InChI is InChI=1S/C14H20N4O2/c1-10(2)13-15-12(20-16-13)9-17(4)14(19)11(3)18-7-5-6-8-18/h5-8,10-11H,9H2,1-4H3. The molecule has 0 saturated carbocycles. The summed E-state index contributed by atoms with van der Waals surface area (Å²) in [5.41, 5.74) is 0. The molecule has 1 atom stereocenters. The zero-order valence-corrected chi connectivity index (χ0v) is 12.3. The normalized spacial score (nSPS) is 12.7. The van der Waals surface area contributed by atoms with E-state index in [4.69, 9.17) is 4.52 Å². The lowest BCUT2D eigenvalue weighted by molar-refractivity contribution is -0.133. The predicted molar refractivity (Wildman–Crippen MR) is 74.0 cm³/mol. The topological polar surface area (TPSA) is 64.2 Å². The van der Waals surface area contributed by atoms with Crippen molar-refractivity contribution in [3.05, 3.63) is 36.2 Å². The Labute approximate surface area is 118 Å². The molecular formula is C14H20N4O2. The van der Waals surface area contributed by atoms with Crippen LogP contribution in [-0.4, -0.2) is 32.6 Å². The Hall–Kier alpha value is -2.11. The summed E-state index contributed by atoms with van der Waals surface area (Å²) in [4.78, 5) is 18.2. The largest absolute Gasteiger partial charge is 0.342 e. The molecule has 2 rings (SSSR count). The van der Waals surface area contributed by atoms with Gasteiger partial charge in [0.1, 0.15) is 6.04 Å². The molecule has 0 aliphatic heterocycles. The van der Waals surface area contributed by atoms with Gasteiger partial charge in [-0.25, -0.2) is 0 Å². The van der Waals surface area contributed by atoms with Crippen LogP contribution in [0.1, 0.15) is 44.4 Å². The van der Waals surface area contributed by atoms with Crippen LogP contribution < -0.4 is 0 Å². The number of hydrogen-bond donors (Lipinski definition) is 0.